The number of fused-ring (bicyclic) bond motifs is 4. The number of nitrogens with one attached hydrogen (secondary N) is 2. The Hall–Kier alpha value is -6.54. The number of nitrogens with two attached hydrogens (primary N) is 2. The van der Waals surface area contributed by atoms with Crippen LogP contribution in [0.1, 0.15) is 97.1 Å². The van der Waals surface area contributed by atoms with Crippen LogP contribution in [0.15, 0.2) is 94.7 Å². The van der Waals surface area contributed by atoms with Crippen molar-refractivity contribution in [1.82, 2.24) is 0 Å². The number of carbonyl (C=O) groups excluding carboxylic acids is 4. The molecule has 0 bridgehead atoms. The van der Waals surface area contributed by atoms with Crippen LogP contribution >= 0.6 is 12.6 Å². The second-order valence-corrected chi connectivity index (χ2v) is 16.6. The van der Waals surface area contributed by atoms with Gasteiger partial charge in [0.15, 0.2) is 23.1 Å². The number of hydrogen-bond acceptors (Lipinski definition) is 11. The SMILES string of the molecule is Cc1cc(Cc2cc(C)c(Nc3cc(S(=O)(=O)O)c(N)c4c3C(=O)c3ccccc3C4=O)c(C)c2)cc(C)c1Nc1cc(S)c(N)c2c1C(=O)c1ccccc1C2=O. The first kappa shape index (κ1) is 38.3. The molecule has 290 valence electrons. The predicted octanol–water partition coefficient (Wildman–Crippen LogP) is 8.25. The molecule has 6 aromatic carbocycles. The van der Waals surface area contributed by atoms with Gasteiger partial charge in [0.05, 0.1) is 45.0 Å². The van der Waals surface area contributed by atoms with Crippen molar-refractivity contribution >= 4 is 80.0 Å². The van der Waals surface area contributed by atoms with Gasteiger partial charge < -0.3 is 22.1 Å². The smallest absolute Gasteiger partial charge is 0.296 e. The van der Waals surface area contributed by atoms with Crippen LogP contribution in [0.5, 0.6) is 0 Å². The number of ketones is 4. The maximum Gasteiger partial charge on any atom is 0.296 e. The minimum Gasteiger partial charge on any atom is -0.397 e. The highest BCUT2D eigenvalue weighted by atomic mass is 32.2. The minimum absolute atomic E-state index is 0.0145. The Balaban J connectivity index is 1.11. The Morgan fingerprint density at radius 3 is 1.28 bits per heavy atom. The number of hydrogen-bond donors (Lipinski definition) is 6. The number of aryl methyl sites for hydroxylation is 4. The largest absolute Gasteiger partial charge is 0.397 e. The standard InChI is InChI=1S/C45H36N4O7S2/c1-20-13-24(14-21(2)40(20)48-30-18-32(57)38(46)36-34(30)42(50)26-9-5-7-11-28(26)44(36)52)17-25-15-22(3)41(23(4)16-25)49-31-19-33(58(54,55)56)39(47)37-35(31)43(51)27-10-6-8-12-29(27)45(37)53/h5-16,18-19,48-49,57H,17,46-47H2,1-4H3,(H,54,55,56). The molecule has 0 amide bonds. The molecule has 6 aromatic rings. The van der Waals surface area contributed by atoms with Crippen LogP contribution in [-0.2, 0) is 16.5 Å². The summed E-state index contributed by atoms with van der Waals surface area (Å²) in [7, 11) is -4.88. The Morgan fingerprint density at radius 2 is 0.897 bits per heavy atom. The summed E-state index contributed by atoms with van der Waals surface area (Å²) in [5.74, 6) is -1.77. The molecule has 2 aliphatic carbocycles. The quantitative estimate of drug-likeness (QED) is 0.0515. The Labute approximate surface area is 339 Å². The van der Waals surface area contributed by atoms with E-state index < -0.39 is 32.3 Å². The second-order valence-electron chi connectivity index (χ2n) is 14.7. The van der Waals surface area contributed by atoms with Crippen molar-refractivity contribution in [3.8, 4) is 0 Å². The zero-order valence-corrected chi connectivity index (χ0v) is 33.4. The Bertz CT molecular complexity index is 2960. The van der Waals surface area contributed by atoms with E-state index in [9.17, 15) is 32.1 Å². The molecular formula is C45H36N4O7S2. The molecule has 0 spiro atoms. The molecule has 11 nitrogen and oxygen atoms in total. The molecule has 0 saturated heterocycles. The Kier molecular flexibility index (Phi) is 9.14. The number of thiol groups is 1. The number of carbonyl (C=O) groups is 4. The van der Waals surface area contributed by atoms with Gasteiger partial charge in [0.1, 0.15) is 4.90 Å². The van der Waals surface area contributed by atoms with Gasteiger partial charge in [0.2, 0.25) is 0 Å². The molecule has 0 radical (unpaired) electrons. The van der Waals surface area contributed by atoms with Crippen LogP contribution < -0.4 is 22.1 Å². The van der Waals surface area contributed by atoms with Gasteiger partial charge in [0.25, 0.3) is 10.1 Å². The lowest BCUT2D eigenvalue weighted by Crippen LogP contribution is -2.25. The van der Waals surface area contributed by atoms with Crippen LogP contribution in [0.25, 0.3) is 0 Å². The van der Waals surface area contributed by atoms with Crippen molar-refractivity contribution in [2.24, 2.45) is 0 Å². The molecule has 0 unspecified atom stereocenters. The third-order valence-electron chi connectivity index (χ3n) is 10.8. The average Bonchev–Trinajstić information content (AvgIpc) is 3.16. The third-order valence-corrected chi connectivity index (χ3v) is 12.1. The van der Waals surface area contributed by atoms with Crippen LogP contribution in [0.3, 0.4) is 0 Å². The van der Waals surface area contributed by atoms with Crippen molar-refractivity contribution < 1.29 is 32.1 Å². The molecule has 8 rings (SSSR count). The van der Waals surface area contributed by atoms with E-state index in [2.05, 4.69) is 23.3 Å². The van der Waals surface area contributed by atoms with Crippen LogP contribution in [0.2, 0.25) is 0 Å². The Morgan fingerprint density at radius 1 is 0.552 bits per heavy atom. The summed E-state index contributed by atoms with van der Waals surface area (Å²) in [5, 5.41) is 6.62. The summed E-state index contributed by atoms with van der Waals surface area (Å²) in [4.78, 5) is 54.5. The van der Waals surface area contributed by atoms with Gasteiger partial charge in [-0.3, -0.25) is 23.7 Å². The van der Waals surface area contributed by atoms with E-state index in [1.165, 1.54) is 12.1 Å². The maximum atomic E-state index is 13.8. The molecule has 13 heteroatoms. The lowest BCUT2D eigenvalue weighted by molar-refractivity contribution is 0.0980. The van der Waals surface area contributed by atoms with E-state index in [1.54, 1.807) is 42.5 Å². The highest BCUT2D eigenvalue weighted by Crippen LogP contribution is 2.43. The molecule has 0 fully saturated rings. The van der Waals surface area contributed by atoms with Crippen molar-refractivity contribution in [3.63, 3.8) is 0 Å². The highest BCUT2D eigenvalue weighted by Gasteiger charge is 2.37. The van der Waals surface area contributed by atoms with E-state index in [0.29, 0.717) is 33.8 Å². The van der Waals surface area contributed by atoms with Gasteiger partial charge in [-0.15, -0.1) is 12.6 Å². The fourth-order valence-corrected chi connectivity index (χ4v) is 9.11. The number of nitrogen functional groups attached to an aromatic ring is 2. The molecule has 0 aromatic heterocycles. The zero-order chi connectivity index (χ0) is 41.5. The molecule has 0 saturated carbocycles. The van der Waals surface area contributed by atoms with Gasteiger partial charge >= 0.3 is 0 Å². The summed E-state index contributed by atoms with van der Waals surface area (Å²) in [6.07, 6.45) is 0.541. The second kappa shape index (κ2) is 13.8. The summed E-state index contributed by atoms with van der Waals surface area (Å²) in [6, 6.07) is 23.7. The fraction of sp³-hybridized carbons (Fsp3) is 0.111. The van der Waals surface area contributed by atoms with Gasteiger partial charge in [-0.1, -0.05) is 72.8 Å². The normalized spacial score (nSPS) is 13.1. The van der Waals surface area contributed by atoms with E-state index in [-0.39, 0.29) is 56.3 Å². The molecule has 58 heavy (non-hydrogen) atoms. The van der Waals surface area contributed by atoms with Gasteiger partial charge in [0, 0.05) is 38.5 Å². The number of rotatable bonds is 7. The molecule has 0 aliphatic heterocycles. The maximum absolute atomic E-state index is 13.8. The first-order valence-electron chi connectivity index (χ1n) is 18.2. The molecule has 0 heterocycles. The zero-order valence-electron chi connectivity index (χ0n) is 31.7. The van der Waals surface area contributed by atoms with Crippen LogP contribution in [0, 0.1) is 27.7 Å². The van der Waals surface area contributed by atoms with Crippen molar-refractivity contribution in [2.75, 3.05) is 22.1 Å². The number of anilines is 6. The van der Waals surface area contributed by atoms with Gasteiger partial charge in [-0.25, -0.2) is 0 Å². The van der Waals surface area contributed by atoms with Crippen molar-refractivity contribution in [3.05, 3.63) is 163 Å². The van der Waals surface area contributed by atoms with E-state index in [4.69, 9.17) is 11.5 Å². The highest BCUT2D eigenvalue weighted by molar-refractivity contribution is 7.86. The first-order chi connectivity index (χ1) is 27.5. The topological polar surface area (TPSA) is 199 Å². The molecule has 0 atom stereocenters. The van der Waals surface area contributed by atoms with Crippen LogP contribution in [-0.4, -0.2) is 36.1 Å². The molecule has 2 aliphatic rings. The number of benzene rings is 6. The average molecular weight is 809 g/mol. The van der Waals surface area contributed by atoms with E-state index in [1.807, 2.05) is 52.0 Å². The summed E-state index contributed by atoms with van der Waals surface area (Å²) in [6.45, 7) is 7.64. The third kappa shape index (κ3) is 6.15. The summed E-state index contributed by atoms with van der Waals surface area (Å²) >= 11 is 4.54. The predicted molar refractivity (Wildman–Crippen MR) is 227 cm³/mol. The molecular weight excluding hydrogens is 773 g/mol. The minimum atomic E-state index is -4.88. The van der Waals surface area contributed by atoms with Crippen molar-refractivity contribution in [2.45, 2.75) is 43.9 Å². The van der Waals surface area contributed by atoms with E-state index >= 15 is 0 Å². The van der Waals surface area contributed by atoms with E-state index in [0.717, 1.165) is 45.1 Å². The lowest BCUT2D eigenvalue weighted by atomic mass is 9.82. The summed E-state index contributed by atoms with van der Waals surface area (Å²) in [5.41, 5.74) is 20.1. The van der Waals surface area contributed by atoms with Gasteiger partial charge in [-0.2, -0.15) is 8.42 Å². The first-order valence-corrected chi connectivity index (χ1v) is 20.1. The van der Waals surface area contributed by atoms with Gasteiger partial charge in [-0.05, 0) is 79.6 Å². The monoisotopic (exact) mass is 808 g/mol. The fourth-order valence-electron chi connectivity index (χ4n) is 8.22. The molecule has 7 N–H and O–H groups in total. The summed E-state index contributed by atoms with van der Waals surface area (Å²) < 4.78 is 35.0. The van der Waals surface area contributed by atoms with Crippen LogP contribution in [0.4, 0.5) is 34.1 Å². The van der Waals surface area contributed by atoms with Crippen molar-refractivity contribution in [1.29, 1.82) is 0 Å². The lowest BCUT2D eigenvalue weighted by Gasteiger charge is -2.25.